The van der Waals surface area contributed by atoms with Crippen LogP contribution in [0.5, 0.6) is 11.5 Å². The summed E-state index contributed by atoms with van der Waals surface area (Å²) in [6, 6.07) is 15.2. The number of nitrogens with zero attached hydrogens (tertiary/aromatic N) is 3. The molecule has 35 heavy (non-hydrogen) atoms. The zero-order chi connectivity index (χ0) is 24.8. The van der Waals surface area contributed by atoms with Crippen molar-refractivity contribution in [2.45, 2.75) is 32.2 Å². The van der Waals surface area contributed by atoms with Gasteiger partial charge in [-0.25, -0.2) is 5.01 Å². The van der Waals surface area contributed by atoms with Crippen LogP contribution in [0.1, 0.15) is 43.4 Å². The van der Waals surface area contributed by atoms with E-state index in [9.17, 15) is 9.59 Å². The van der Waals surface area contributed by atoms with Crippen LogP contribution >= 0.6 is 0 Å². The second-order valence-electron chi connectivity index (χ2n) is 8.81. The Labute approximate surface area is 206 Å². The summed E-state index contributed by atoms with van der Waals surface area (Å²) in [4.78, 5) is 27.9. The van der Waals surface area contributed by atoms with E-state index < -0.39 is 0 Å². The van der Waals surface area contributed by atoms with E-state index in [1.165, 1.54) is 0 Å². The lowest BCUT2D eigenvalue weighted by atomic mass is 9.97. The molecule has 8 nitrogen and oxygen atoms in total. The first-order valence-electron chi connectivity index (χ1n) is 12.1. The van der Waals surface area contributed by atoms with Gasteiger partial charge in [0.2, 0.25) is 0 Å². The minimum Gasteiger partial charge on any atom is -0.497 e. The minimum atomic E-state index is -0.326. The fraction of sp³-hybridized carbons (Fsp3) is 0.444. The molecular weight excluding hydrogens is 446 g/mol. The first-order valence-corrected chi connectivity index (χ1v) is 12.1. The third kappa shape index (κ3) is 5.65. The SMILES string of the molecule is CCOC(=O)[C@H]1CCCN(CC(=O)N2N=C(c3ccccc3)C[C@H]2c2cc(OC)ccc2OC)C1. The second-order valence-corrected chi connectivity index (χ2v) is 8.81. The Bertz CT molecular complexity index is 1070. The van der Waals surface area contributed by atoms with E-state index >= 15 is 0 Å². The molecule has 0 spiro atoms. The third-order valence-electron chi connectivity index (χ3n) is 6.55. The molecule has 2 aliphatic rings. The molecule has 0 N–H and O–H groups in total. The van der Waals surface area contributed by atoms with Gasteiger partial charge in [-0.05, 0) is 50.1 Å². The van der Waals surface area contributed by atoms with Crippen molar-refractivity contribution in [3.8, 4) is 11.5 Å². The molecule has 4 rings (SSSR count). The highest BCUT2D eigenvalue weighted by Crippen LogP contribution is 2.39. The first kappa shape index (κ1) is 24.7. The van der Waals surface area contributed by atoms with E-state index in [0.29, 0.717) is 31.1 Å². The molecule has 0 saturated carbocycles. The van der Waals surface area contributed by atoms with Crippen LogP contribution in [0.3, 0.4) is 0 Å². The predicted molar refractivity (Wildman–Crippen MR) is 133 cm³/mol. The van der Waals surface area contributed by atoms with Crippen LogP contribution < -0.4 is 9.47 Å². The van der Waals surface area contributed by atoms with Gasteiger partial charge in [0.15, 0.2) is 0 Å². The average Bonchev–Trinajstić information content (AvgIpc) is 3.35. The molecule has 0 aromatic heterocycles. The largest absolute Gasteiger partial charge is 0.497 e. The van der Waals surface area contributed by atoms with Gasteiger partial charge >= 0.3 is 5.97 Å². The van der Waals surface area contributed by atoms with Crippen molar-refractivity contribution in [2.75, 3.05) is 40.5 Å². The highest BCUT2D eigenvalue weighted by molar-refractivity contribution is 6.03. The van der Waals surface area contributed by atoms with Gasteiger partial charge in [-0.15, -0.1) is 0 Å². The molecule has 0 aliphatic carbocycles. The summed E-state index contributed by atoms with van der Waals surface area (Å²) in [5, 5.41) is 6.36. The number of carbonyl (C=O) groups is 2. The summed E-state index contributed by atoms with van der Waals surface area (Å²) < 4.78 is 16.3. The fourth-order valence-electron chi connectivity index (χ4n) is 4.80. The van der Waals surface area contributed by atoms with Crippen LogP contribution in [-0.2, 0) is 14.3 Å². The summed E-state index contributed by atoms with van der Waals surface area (Å²) >= 11 is 0. The van der Waals surface area contributed by atoms with E-state index in [2.05, 4.69) is 0 Å². The van der Waals surface area contributed by atoms with Crippen LogP contribution in [0.25, 0.3) is 0 Å². The molecule has 2 aromatic carbocycles. The van der Waals surface area contributed by atoms with Crippen LogP contribution in [0, 0.1) is 5.92 Å². The van der Waals surface area contributed by atoms with Gasteiger partial charge in [-0.2, -0.15) is 5.10 Å². The molecule has 0 unspecified atom stereocenters. The lowest BCUT2D eigenvalue weighted by Gasteiger charge is -2.32. The number of carbonyl (C=O) groups excluding carboxylic acids is 2. The Balaban J connectivity index is 1.59. The Morgan fingerprint density at radius 2 is 1.89 bits per heavy atom. The number of hydrogen-bond acceptors (Lipinski definition) is 7. The predicted octanol–water partition coefficient (Wildman–Crippen LogP) is 3.66. The Morgan fingerprint density at radius 3 is 2.60 bits per heavy atom. The lowest BCUT2D eigenvalue weighted by Crippen LogP contribution is -2.44. The summed E-state index contributed by atoms with van der Waals surface area (Å²) in [5.41, 5.74) is 2.67. The van der Waals surface area contributed by atoms with Crippen LogP contribution in [0.4, 0.5) is 0 Å². The number of hydrazone groups is 1. The highest BCUT2D eigenvalue weighted by Gasteiger charge is 2.36. The van der Waals surface area contributed by atoms with Crippen molar-refractivity contribution in [1.82, 2.24) is 9.91 Å². The number of esters is 1. The maximum absolute atomic E-state index is 13.6. The van der Waals surface area contributed by atoms with Crippen LogP contribution in [-0.4, -0.2) is 68.0 Å². The monoisotopic (exact) mass is 479 g/mol. The molecule has 2 aromatic rings. The zero-order valence-electron chi connectivity index (χ0n) is 20.6. The number of piperidine rings is 1. The van der Waals surface area contributed by atoms with Crippen molar-refractivity contribution in [3.63, 3.8) is 0 Å². The quantitative estimate of drug-likeness (QED) is 0.538. The Morgan fingerprint density at radius 1 is 1.09 bits per heavy atom. The minimum absolute atomic E-state index is 0.115. The Hall–Kier alpha value is -3.39. The molecule has 186 valence electrons. The van der Waals surface area contributed by atoms with Gasteiger partial charge in [-0.1, -0.05) is 30.3 Å². The van der Waals surface area contributed by atoms with E-state index in [1.807, 2.05) is 60.4 Å². The van der Waals surface area contributed by atoms with E-state index in [-0.39, 0.29) is 30.4 Å². The number of methoxy groups -OCH3 is 2. The van der Waals surface area contributed by atoms with Crippen molar-refractivity contribution in [3.05, 3.63) is 59.7 Å². The van der Waals surface area contributed by atoms with Crippen LogP contribution in [0.15, 0.2) is 53.6 Å². The molecule has 1 fully saturated rings. The van der Waals surface area contributed by atoms with Crippen molar-refractivity contribution < 1.29 is 23.8 Å². The molecule has 0 bridgehead atoms. The summed E-state index contributed by atoms with van der Waals surface area (Å²) in [7, 11) is 3.24. The fourth-order valence-corrected chi connectivity index (χ4v) is 4.80. The van der Waals surface area contributed by atoms with Gasteiger partial charge in [0.05, 0.1) is 45.0 Å². The van der Waals surface area contributed by atoms with Crippen molar-refractivity contribution in [2.24, 2.45) is 11.0 Å². The Kier molecular flexibility index (Phi) is 8.02. The molecule has 1 saturated heterocycles. The van der Waals surface area contributed by atoms with Gasteiger partial charge in [0.1, 0.15) is 11.5 Å². The normalized spacial score (nSPS) is 20.3. The summed E-state index contributed by atoms with van der Waals surface area (Å²) in [5.74, 6) is 0.866. The molecule has 2 heterocycles. The molecular formula is C27H33N3O5. The van der Waals surface area contributed by atoms with Gasteiger partial charge in [0.25, 0.3) is 5.91 Å². The molecule has 1 amide bonds. The standard InChI is InChI=1S/C27H33N3O5/c1-4-35-27(32)20-11-8-14-29(17-20)18-26(31)30-24(16-23(28-30)19-9-6-5-7-10-19)22-15-21(33-2)12-13-25(22)34-3/h5-7,9-10,12-13,15,20,24H,4,8,11,14,16-18H2,1-3H3/t20-,24-/m0/s1. The van der Waals surface area contributed by atoms with E-state index in [4.69, 9.17) is 19.3 Å². The van der Waals surface area contributed by atoms with Crippen molar-refractivity contribution in [1.29, 1.82) is 0 Å². The number of benzene rings is 2. The smallest absolute Gasteiger partial charge is 0.310 e. The number of amides is 1. The molecule has 2 aliphatic heterocycles. The summed E-state index contributed by atoms with van der Waals surface area (Å²) in [6.45, 7) is 3.64. The number of likely N-dealkylation sites (tertiary alicyclic amines) is 1. The number of ether oxygens (including phenoxy) is 3. The topological polar surface area (TPSA) is 80.7 Å². The second kappa shape index (κ2) is 11.4. The van der Waals surface area contributed by atoms with E-state index in [1.54, 1.807) is 19.2 Å². The molecule has 8 heteroatoms. The van der Waals surface area contributed by atoms with Gasteiger partial charge in [-0.3, -0.25) is 14.5 Å². The van der Waals surface area contributed by atoms with Gasteiger partial charge < -0.3 is 14.2 Å². The van der Waals surface area contributed by atoms with E-state index in [0.717, 1.165) is 36.2 Å². The zero-order valence-corrected chi connectivity index (χ0v) is 20.6. The van der Waals surface area contributed by atoms with Crippen LogP contribution in [0.2, 0.25) is 0 Å². The maximum atomic E-state index is 13.6. The maximum Gasteiger partial charge on any atom is 0.310 e. The van der Waals surface area contributed by atoms with Gasteiger partial charge in [0, 0.05) is 18.5 Å². The first-order chi connectivity index (χ1) is 17.0. The summed E-state index contributed by atoms with van der Waals surface area (Å²) in [6.07, 6.45) is 2.19. The highest BCUT2D eigenvalue weighted by atomic mass is 16.5. The number of rotatable bonds is 8. The third-order valence-corrected chi connectivity index (χ3v) is 6.55. The number of hydrogen-bond donors (Lipinski definition) is 0. The van der Waals surface area contributed by atoms with Crippen molar-refractivity contribution >= 4 is 17.6 Å². The average molecular weight is 480 g/mol. The molecule has 0 radical (unpaired) electrons. The molecule has 2 atom stereocenters. The lowest BCUT2D eigenvalue weighted by molar-refractivity contribution is -0.150.